The van der Waals surface area contributed by atoms with Crippen LogP contribution in [-0.4, -0.2) is 11.9 Å². The summed E-state index contributed by atoms with van der Waals surface area (Å²) in [5.74, 6) is -0.228. The van der Waals surface area contributed by atoms with Gasteiger partial charge >= 0.3 is 6.03 Å². The lowest BCUT2D eigenvalue weighted by Crippen LogP contribution is -2.19. The van der Waals surface area contributed by atoms with Crippen LogP contribution in [0.25, 0.3) is 0 Å². The molecule has 0 aliphatic heterocycles. The van der Waals surface area contributed by atoms with E-state index < -0.39 is 6.03 Å². The molecule has 3 amide bonds. The minimum atomic E-state index is -0.642. The molecule has 0 saturated carbocycles. The van der Waals surface area contributed by atoms with Crippen molar-refractivity contribution >= 4 is 39.2 Å². The van der Waals surface area contributed by atoms with E-state index in [1.807, 2.05) is 12.1 Å². The average Bonchev–Trinajstić information content (AvgIpc) is 2.38. The van der Waals surface area contributed by atoms with Crippen LogP contribution in [-0.2, 0) is 0 Å². The van der Waals surface area contributed by atoms with Gasteiger partial charge in [-0.3, -0.25) is 4.79 Å². The highest BCUT2D eigenvalue weighted by Crippen LogP contribution is 2.17. The summed E-state index contributed by atoms with van der Waals surface area (Å²) in [6, 6.07) is 13.1. The van der Waals surface area contributed by atoms with Crippen molar-refractivity contribution in [3.63, 3.8) is 0 Å². The second-order valence-corrected chi connectivity index (χ2v) is 4.95. The number of carbonyl (C=O) groups is 2. The molecule has 4 N–H and O–H groups in total. The summed E-state index contributed by atoms with van der Waals surface area (Å²) in [6.45, 7) is 0. The Bertz CT molecular complexity index is 641. The molecule has 6 heteroatoms. The summed E-state index contributed by atoms with van der Waals surface area (Å²) in [5.41, 5.74) is 6.73. The predicted molar refractivity (Wildman–Crippen MR) is 81.7 cm³/mol. The molecule has 102 valence electrons. The molecule has 0 aliphatic carbocycles. The lowest BCUT2D eigenvalue weighted by molar-refractivity contribution is 0.102. The number of hydrogen-bond acceptors (Lipinski definition) is 2. The number of halogens is 1. The average molecular weight is 334 g/mol. The number of carbonyl (C=O) groups excluding carboxylic acids is 2. The fourth-order valence-electron chi connectivity index (χ4n) is 1.62. The number of benzene rings is 2. The molecular formula is C14H12BrN3O2. The smallest absolute Gasteiger partial charge is 0.316 e. The fourth-order valence-corrected chi connectivity index (χ4v) is 2.02. The molecule has 0 radical (unpaired) electrons. The van der Waals surface area contributed by atoms with Gasteiger partial charge in [0.2, 0.25) is 0 Å². The standard InChI is InChI=1S/C14H12BrN3O2/c15-10-2-1-3-12(8-10)17-13(19)9-4-6-11(7-5-9)18-14(16)20/h1-8H,(H,17,19)(H3,16,18,20). The highest BCUT2D eigenvalue weighted by Gasteiger charge is 2.06. The van der Waals surface area contributed by atoms with E-state index in [1.54, 1.807) is 36.4 Å². The lowest BCUT2D eigenvalue weighted by Gasteiger charge is -2.07. The lowest BCUT2D eigenvalue weighted by atomic mass is 10.2. The predicted octanol–water partition coefficient (Wildman–Crippen LogP) is 3.19. The van der Waals surface area contributed by atoms with E-state index in [0.717, 1.165) is 4.47 Å². The van der Waals surface area contributed by atoms with Gasteiger partial charge in [0.05, 0.1) is 0 Å². The van der Waals surface area contributed by atoms with Crippen molar-refractivity contribution < 1.29 is 9.59 Å². The number of amides is 3. The minimum absolute atomic E-state index is 0.228. The third kappa shape index (κ3) is 3.83. The van der Waals surface area contributed by atoms with Crippen LogP contribution in [0.2, 0.25) is 0 Å². The molecule has 2 aromatic carbocycles. The highest BCUT2D eigenvalue weighted by atomic mass is 79.9. The Morgan fingerprint density at radius 1 is 0.950 bits per heavy atom. The maximum absolute atomic E-state index is 12.0. The second kappa shape index (κ2) is 6.21. The topological polar surface area (TPSA) is 84.2 Å². The Balaban J connectivity index is 2.07. The third-order valence-electron chi connectivity index (χ3n) is 2.50. The number of urea groups is 1. The maximum Gasteiger partial charge on any atom is 0.316 e. The monoisotopic (exact) mass is 333 g/mol. The van der Waals surface area contributed by atoms with Gasteiger partial charge in [-0.25, -0.2) is 4.79 Å². The van der Waals surface area contributed by atoms with E-state index in [4.69, 9.17) is 5.73 Å². The number of anilines is 2. The fraction of sp³-hybridized carbons (Fsp3) is 0. The second-order valence-electron chi connectivity index (χ2n) is 4.03. The molecular weight excluding hydrogens is 322 g/mol. The zero-order valence-corrected chi connectivity index (χ0v) is 12.0. The van der Waals surface area contributed by atoms with Gasteiger partial charge in [-0.2, -0.15) is 0 Å². The van der Waals surface area contributed by atoms with Gasteiger partial charge in [0.1, 0.15) is 0 Å². The summed E-state index contributed by atoms with van der Waals surface area (Å²) < 4.78 is 0.885. The van der Waals surface area contributed by atoms with E-state index in [9.17, 15) is 9.59 Å². The molecule has 0 aliphatic rings. The van der Waals surface area contributed by atoms with Crippen LogP contribution >= 0.6 is 15.9 Å². The van der Waals surface area contributed by atoms with Crippen LogP contribution in [0.4, 0.5) is 16.2 Å². The van der Waals surface area contributed by atoms with Crippen LogP contribution in [0.5, 0.6) is 0 Å². The molecule has 20 heavy (non-hydrogen) atoms. The Hall–Kier alpha value is -2.34. The first kappa shape index (κ1) is 14.1. The molecule has 0 heterocycles. The molecule has 0 aromatic heterocycles. The molecule has 0 bridgehead atoms. The van der Waals surface area contributed by atoms with Crippen molar-refractivity contribution in [3.8, 4) is 0 Å². The molecule has 0 spiro atoms. The largest absolute Gasteiger partial charge is 0.351 e. The number of nitrogens with one attached hydrogen (secondary N) is 2. The van der Waals surface area contributed by atoms with E-state index in [-0.39, 0.29) is 5.91 Å². The van der Waals surface area contributed by atoms with E-state index in [1.165, 1.54) is 0 Å². The molecule has 2 rings (SSSR count). The van der Waals surface area contributed by atoms with Crippen LogP contribution in [0.1, 0.15) is 10.4 Å². The zero-order chi connectivity index (χ0) is 14.5. The van der Waals surface area contributed by atoms with Gasteiger partial charge in [-0.1, -0.05) is 22.0 Å². The van der Waals surface area contributed by atoms with E-state index in [2.05, 4.69) is 26.6 Å². The van der Waals surface area contributed by atoms with E-state index >= 15 is 0 Å². The zero-order valence-electron chi connectivity index (χ0n) is 10.4. The summed E-state index contributed by atoms with van der Waals surface area (Å²) in [7, 11) is 0. The Kier molecular flexibility index (Phi) is 4.37. The first-order valence-electron chi connectivity index (χ1n) is 5.78. The summed E-state index contributed by atoms with van der Waals surface area (Å²) in [4.78, 5) is 22.7. The first-order chi connectivity index (χ1) is 9.54. The van der Waals surface area contributed by atoms with Gasteiger partial charge in [0.25, 0.3) is 5.91 Å². The van der Waals surface area contributed by atoms with Crippen LogP contribution in [0.3, 0.4) is 0 Å². The van der Waals surface area contributed by atoms with Crippen LogP contribution in [0.15, 0.2) is 53.0 Å². The summed E-state index contributed by atoms with van der Waals surface area (Å²) in [6.07, 6.45) is 0. The summed E-state index contributed by atoms with van der Waals surface area (Å²) >= 11 is 3.34. The number of nitrogens with two attached hydrogens (primary N) is 1. The first-order valence-corrected chi connectivity index (χ1v) is 6.57. The van der Waals surface area contributed by atoms with Gasteiger partial charge < -0.3 is 16.4 Å². The Morgan fingerprint density at radius 2 is 1.65 bits per heavy atom. The quantitative estimate of drug-likeness (QED) is 0.805. The Labute approximate surface area is 124 Å². The third-order valence-corrected chi connectivity index (χ3v) is 2.99. The molecule has 2 aromatic rings. The van der Waals surface area contributed by atoms with Crippen molar-refractivity contribution in [3.05, 3.63) is 58.6 Å². The molecule has 0 unspecified atom stereocenters. The van der Waals surface area contributed by atoms with Crippen molar-refractivity contribution in [2.45, 2.75) is 0 Å². The van der Waals surface area contributed by atoms with Crippen molar-refractivity contribution in [2.75, 3.05) is 10.6 Å². The minimum Gasteiger partial charge on any atom is -0.351 e. The molecule has 5 nitrogen and oxygen atoms in total. The van der Waals surface area contributed by atoms with E-state index in [0.29, 0.717) is 16.9 Å². The summed E-state index contributed by atoms with van der Waals surface area (Å²) in [5, 5.41) is 5.21. The van der Waals surface area contributed by atoms with Gasteiger partial charge in [-0.15, -0.1) is 0 Å². The van der Waals surface area contributed by atoms with Crippen LogP contribution in [0, 0.1) is 0 Å². The number of primary amides is 1. The number of hydrogen-bond donors (Lipinski definition) is 3. The maximum atomic E-state index is 12.0. The van der Waals surface area contributed by atoms with Crippen molar-refractivity contribution in [1.82, 2.24) is 0 Å². The van der Waals surface area contributed by atoms with Crippen LogP contribution < -0.4 is 16.4 Å². The highest BCUT2D eigenvalue weighted by molar-refractivity contribution is 9.10. The molecule has 0 fully saturated rings. The van der Waals surface area contributed by atoms with Crippen molar-refractivity contribution in [1.29, 1.82) is 0 Å². The number of rotatable bonds is 3. The van der Waals surface area contributed by atoms with Gasteiger partial charge in [0.15, 0.2) is 0 Å². The van der Waals surface area contributed by atoms with Crippen molar-refractivity contribution in [2.24, 2.45) is 5.73 Å². The van der Waals surface area contributed by atoms with Gasteiger partial charge in [-0.05, 0) is 42.5 Å². The van der Waals surface area contributed by atoms with Gasteiger partial charge in [0, 0.05) is 21.4 Å². The molecule has 0 atom stereocenters. The molecule has 0 saturated heterocycles. The normalized spacial score (nSPS) is 9.85. The Morgan fingerprint density at radius 3 is 2.25 bits per heavy atom. The SMILES string of the molecule is NC(=O)Nc1ccc(C(=O)Nc2cccc(Br)c2)cc1.